The molecule has 3 nitrogen and oxygen atoms in total. The molecule has 0 unspecified atom stereocenters. The maximum Gasteiger partial charge on any atom is 0.232 e. The van der Waals surface area contributed by atoms with Crippen LogP contribution < -0.4 is 9.47 Å². The van der Waals surface area contributed by atoms with Gasteiger partial charge in [-0.3, -0.25) is 4.79 Å². The predicted molar refractivity (Wildman–Crippen MR) is 111 cm³/mol. The summed E-state index contributed by atoms with van der Waals surface area (Å²) in [5.74, 6) is -0.819. The third kappa shape index (κ3) is 3.78. The zero-order valence-corrected chi connectivity index (χ0v) is 17.2. The maximum atomic E-state index is 14.1. The molecular weight excluding hydrogens is 433 g/mol. The molecule has 0 spiro atoms. The first-order valence-corrected chi connectivity index (χ1v) is 9.69. The Labute approximate surface area is 181 Å². The highest BCUT2D eigenvalue weighted by atomic mass is 35.5. The lowest BCUT2D eigenvalue weighted by Gasteiger charge is -2.11. The molecule has 0 saturated carbocycles. The third-order valence-electron chi connectivity index (χ3n) is 4.66. The molecular formula is C23H14Cl2F2O3. The molecule has 1 aliphatic heterocycles. The van der Waals surface area contributed by atoms with Crippen LogP contribution in [0.25, 0.3) is 6.08 Å². The van der Waals surface area contributed by atoms with E-state index in [2.05, 4.69) is 0 Å². The lowest BCUT2D eigenvalue weighted by atomic mass is 10.0. The first-order chi connectivity index (χ1) is 14.3. The van der Waals surface area contributed by atoms with Crippen LogP contribution in [0.2, 0.25) is 10.0 Å². The largest absolute Gasteiger partial charge is 0.489 e. The van der Waals surface area contributed by atoms with E-state index >= 15 is 0 Å². The Bertz CT molecular complexity index is 1160. The second-order valence-electron chi connectivity index (χ2n) is 6.68. The summed E-state index contributed by atoms with van der Waals surface area (Å²) in [5, 5.41) is 0.420. The normalized spacial score (nSPS) is 14.0. The molecule has 0 N–H and O–H groups in total. The van der Waals surface area contributed by atoms with Crippen LogP contribution in [-0.4, -0.2) is 5.78 Å². The van der Waals surface area contributed by atoms with Gasteiger partial charge < -0.3 is 9.47 Å². The number of benzene rings is 3. The highest BCUT2D eigenvalue weighted by Gasteiger charge is 2.30. The summed E-state index contributed by atoms with van der Waals surface area (Å²) in [6, 6.07) is 11.8. The van der Waals surface area contributed by atoms with Crippen LogP contribution in [0.5, 0.6) is 11.5 Å². The molecule has 30 heavy (non-hydrogen) atoms. The molecule has 0 bridgehead atoms. The third-order valence-corrected chi connectivity index (χ3v) is 5.35. The second kappa shape index (κ2) is 8.09. The van der Waals surface area contributed by atoms with Crippen molar-refractivity contribution in [2.75, 3.05) is 0 Å². The number of carbonyl (C=O) groups excluding carboxylic acids is 1. The number of hydrogen-bond acceptors (Lipinski definition) is 3. The van der Waals surface area contributed by atoms with Gasteiger partial charge in [0.15, 0.2) is 5.76 Å². The van der Waals surface area contributed by atoms with E-state index in [1.54, 1.807) is 19.1 Å². The Balaban J connectivity index is 1.62. The number of hydrogen-bond donors (Lipinski definition) is 0. The van der Waals surface area contributed by atoms with Crippen molar-refractivity contribution >= 4 is 35.1 Å². The van der Waals surface area contributed by atoms with Gasteiger partial charge in [-0.1, -0.05) is 35.3 Å². The van der Waals surface area contributed by atoms with Crippen LogP contribution >= 0.6 is 23.2 Å². The number of fused-ring (bicyclic) bond motifs is 1. The van der Waals surface area contributed by atoms with Crippen molar-refractivity contribution < 1.29 is 23.0 Å². The summed E-state index contributed by atoms with van der Waals surface area (Å²) >= 11 is 12.1. The molecule has 1 aliphatic rings. The van der Waals surface area contributed by atoms with Gasteiger partial charge in [-0.05, 0) is 48.9 Å². The molecule has 1 heterocycles. The number of halogens is 4. The molecule has 0 aliphatic carbocycles. The van der Waals surface area contributed by atoms with Crippen LogP contribution in [0.3, 0.4) is 0 Å². The quantitative estimate of drug-likeness (QED) is 0.414. The molecule has 3 aromatic rings. The van der Waals surface area contributed by atoms with Crippen LogP contribution in [0, 0.1) is 18.6 Å². The van der Waals surface area contributed by atoms with Gasteiger partial charge in [0.2, 0.25) is 5.78 Å². The number of ketones is 1. The van der Waals surface area contributed by atoms with E-state index in [1.165, 1.54) is 42.5 Å². The number of allylic oxidation sites excluding steroid dienone is 1. The highest BCUT2D eigenvalue weighted by Crippen LogP contribution is 2.38. The van der Waals surface area contributed by atoms with Crippen LogP contribution in [0.4, 0.5) is 8.78 Å². The fourth-order valence-corrected chi connectivity index (χ4v) is 3.60. The number of carbonyl (C=O) groups is 1. The Kier molecular flexibility index (Phi) is 5.50. The Hall–Kier alpha value is -2.89. The first-order valence-electron chi connectivity index (χ1n) is 8.93. The number of Topliss-reactive ketones (excluding diaryl/α,β-unsaturated/α-hetero) is 1. The summed E-state index contributed by atoms with van der Waals surface area (Å²) in [7, 11) is 0. The average Bonchev–Trinajstić information content (AvgIpc) is 3.00. The predicted octanol–water partition coefficient (Wildman–Crippen LogP) is 6.78. The Morgan fingerprint density at radius 1 is 1.03 bits per heavy atom. The van der Waals surface area contributed by atoms with Crippen molar-refractivity contribution in [3.8, 4) is 11.5 Å². The van der Waals surface area contributed by atoms with Crippen molar-refractivity contribution in [1.29, 1.82) is 0 Å². The van der Waals surface area contributed by atoms with Gasteiger partial charge in [-0.2, -0.15) is 0 Å². The smallest absolute Gasteiger partial charge is 0.232 e. The van der Waals surface area contributed by atoms with Gasteiger partial charge in [-0.25, -0.2) is 8.78 Å². The number of ether oxygens (including phenoxy) is 2. The molecule has 0 atom stereocenters. The van der Waals surface area contributed by atoms with E-state index in [-0.39, 0.29) is 45.1 Å². The molecule has 7 heteroatoms. The summed E-state index contributed by atoms with van der Waals surface area (Å²) in [4.78, 5) is 12.8. The Morgan fingerprint density at radius 3 is 2.43 bits per heavy atom. The summed E-state index contributed by atoms with van der Waals surface area (Å²) in [6.07, 6.45) is 1.28. The van der Waals surface area contributed by atoms with Crippen molar-refractivity contribution in [3.05, 3.63) is 98.2 Å². The fraction of sp³-hybridized carbons (Fsp3) is 0.0870. The number of aryl methyl sites for hydroxylation is 1. The van der Waals surface area contributed by atoms with Crippen LogP contribution in [-0.2, 0) is 6.61 Å². The van der Waals surface area contributed by atoms with Crippen molar-refractivity contribution in [1.82, 2.24) is 0 Å². The zero-order chi connectivity index (χ0) is 21.4. The molecule has 0 fully saturated rings. The average molecular weight is 447 g/mol. The fourth-order valence-electron chi connectivity index (χ4n) is 3.17. The summed E-state index contributed by atoms with van der Waals surface area (Å²) < 4.78 is 39.3. The molecule has 0 saturated heterocycles. The van der Waals surface area contributed by atoms with Gasteiger partial charge in [0.25, 0.3) is 0 Å². The monoisotopic (exact) mass is 446 g/mol. The molecule has 0 amide bonds. The van der Waals surface area contributed by atoms with E-state index in [9.17, 15) is 13.6 Å². The summed E-state index contributed by atoms with van der Waals surface area (Å²) in [6.45, 7) is 1.63. The molecule has 4 rings (SSSR count). The van der Waals surface area contributed by atoms with Gasteiger partial charge in [-0.15, -0.1) is 0 Å². The SMILES string of the molecule is Cc1cc(OCc2c(F)cccc2Cl)cc2c1C(=O)/C(=C/c1c(F)cccc1Cl)O2. The van der Waals surface area contributed by atoms with E-state index in [4.69, 9.17) is 32.7 Å². The Morgan fingerprint density at radius 2 is 1.73 bits per heavy atom. The van der Waals surface area contributed by atoms with E-state index in [0.717, 1.165) is 0 Å². The van der Waals surface area contributed by atoms with Gasteiger partial charge in [0, 0.05) is 17.2 Å². The minimum atomic E-state index is -0.565. The number of rotatable bonds is 4. The molecule has 152 valence electrons. The zero-order valence-electron chi connectivity index (χ0n) is 15.6. The second-order valence-corrected chi connectivity index (χ2v) is 7.49. The van der Waals surface area contributed by atoms with E-state index in [1.807, 2.05) is 0 Å². The summed E-state index contributed by atoms with van der Waals surface area (Å²) in [5.41, 5.74) is 1.25. The van der Waals surface area contributed by atoms with Gasteiger partial charge >= 0.3 is 0 Å². The van der Waals surface area contributed by atoms with E-state index < -0.39 is 11.6 Å². The minimum Gasteiger partial charge on any atom is -0.489 e. The van der Waals surface area contributed by atoms with Crippen molar-refractivity contribution in [2.24, 2.45) is 0 Å². The minimum absolute atomic E-state index is 0.0469. The lowest BCUT2D eigenvalue weighted by molar-refractivity contribution is 0.101. The van der Waals surface area contributed by atoms with Gasteiger partial charge in [0.05, 0.1) is 15.6 Å². The lowest BCUT2D eigenvalue weighted by Crippen LogP contribution is -2.01. The van der Waals surface area contributed by atoms with E-state index in [0.29, 0.717) is 16.9 Å². The maximum absolute atomic E-state index is 14.1. The first kappa shape index (κ1) is 20.4. The molecule has 0 aromatic heterocycles. The molecule has 0 radical (unpaired) electrons. The topological polar surface area (TPSA) is 35.5 Å². The van der Waals surface area contributed by atoms with Crippen molar-refractivity contribution in [3.63, 3.8) is 0 Å². The van der Waals surface area contributed by atoms with Gasteiger partial charge in [0.1, 0.15) is 29.7 Å². The molecule has 3 aromatic carbocycles. The van der Waals surface area contributed by atoms with Crippen LogP contribution in [0.15, 0.2) is 54.3 Å². The van der Waals surface area contributed by atoms with Crippen LogP contribution in [0.1, 0.15) is 27.0 Å². The highest BCUT2D eigenvalue weighted by molar-refractivity contribution is 6.32. The van der Waals surface area contributed by atoms with Crippen molar-refractivity contribution in [2.45, 2.75) is 13.5 Å². The standard InChI is InChI=1S/C23H14Cl2F2O3/c1-12-8-13(29-11-15-17(25)5-3-7-19(15)27)9-20-22(12)23(28)21(30-20)10-14-16(24)4-2-6-18(14)26/h2-10H,11H2,1H3/b21-10-.